The number of primary amides is 1. The van der Waals surface area contributed by atoms with Gasteiger partial charge in [-0.05, 0) is 17.5 Å². The molecule has 0 aromatic heterocycles. The molecule has 0 spiro atoms. The molecule has 6 heteroatoms. The molecule has 1 aromatic rings. The summed E-state index contributed by atoms with van der Waals surface area (Å²) in [4.78, 5) is 8.78. The number of hydrogen-bond acceptors (Lipinski definition) is 3. The zero-order valence-corrected chi connectivity index (χ0v) is 13.5. The molecular weight excluding hydrogens is 324 g/mol. The second kappa shape index (κ2) is 6.45. The summed E-state index contributed by atoms with van der Waals surface area (Å²) in [6.07, 6.45) is -0.275. The van der Waals surface area contributed by atoms with Crippen LogP contribution in [-0.2, 0) is 0 Å². The molecule has 1 heterocycles. The van der Waals surface area contributed by atoms with E-state index >= 15 is 0 Å². The minimum atomic E-state index is -1.33. The van der Waals surface area contributed by atoms with Crippen molar-refractivity contribution < 1.29 is 14.6 Å². The van der Waals surface area contributed by atoms with Crippen molar-refractivity contribution >= 4 is 22.0 Å². The van der Waals surface area contributed by atoms with Crippen molar-refractivity contribution in [2.45, 2.75) is 39.3 Å². The van der Waals surface area contributed by atoms with Crippen LogP contribution in [0.5, 0.6) is 5.75 Å². The third kappa shape index (κ3) is 4.38. The number of carboxylic acid groups (broad SMARTS) is 1. The highest BCUT2D eigenvalue weighted by molar-refractivity contribution is 9.10. The van der Waals surface area contributed by atoms with Crippen LogP contribution in [0, 0.1) is 5.41 Å². The van der Waals surface area contributed by atoms with Crippen molar-refractivity contribution in [1.82, 2.24) is 0 Å². The third-order valence-corrected chi connectivity index (χ3v) is 3.78. The Morgan fingerprint density at radius 1 is 1.45 bits per heavy atom. The van der Waals surface area contributed by atoms with Gasteiger partial charge in [-0.3, -0.25) is 0 Å². The molecule has 1 aromatic carbocycles. The first-order chi connectivity index (χ1) is 9.12. The largest absolute Gasteiger partial charge is 0.489 e. The van der Waals surface area contributed by atoms with Crippen LogP contribution < -0.4 is 16.2 Å². The molecule has 112 valence electrons. The van der Waals surface area contributed by atoms with Crippen molar-refractivity contribution in [3.8, 4) is 5.75 Å². The van der Waals surface area contributed by atoms with Gasteiger partial charge in [0.2, 0.25) is 0 Å². The topological polar surface area (TPSA) is 98.6 Å². The Morgan fingerprint density at radius 2 is 2.00 bits per heavy atom. The molecule has 2 unspecified atom stereocenters. The molecule has 2 rings (SSSR count). The van der Waals surface area contributed by atoms with Crippen molar-refractivity contribution in [3.05, 3.63) is 28.2 Å². The first-order valence-electron chi connectivity index (χ1n) is 6.32. The molecule has 2 atom stereocenters. The monoisotopic (exact) mass is 344 g/mol. The standard InChI is InChI=1S/C13H18BrNO.CH3NO2/c1-13(2,3)11-7-9(15)12-8(14)5-4-6-10(12)16-11;2-1(3)4/h4-6,9,11H,7,15H2,1-3H3;2H2,(H,3,4). The van der Waals surface area contributed by atoms with E-state index in [0.717, 1.165) is 22.2 Å². The molecule has 1 aliphatic heterocycles. The highest BCUT2D eigenvalue weighted by atomic mass is 79.9. The number of hydrogen-bond donors (Lipinski definition) is 3. The Bertz CT molecular complexity index is 482. The van der Waals surface area contributed by atoms with Crippen molar-refractivity contribution in [1.29, 1.82) is 0 Å². The molecular formula is C14H21BrN2O3. The molecule has 1 aliphatic rings. The van der Waals surface area contributed by atoms with Gasteiger partial charge in [0.05, 0.1) is 0 Å². The zero-order chi connectivity index (χ0) is 15.5. The van der Waals surface area contributed by atoms with E-state index in [1.54, 1.807) is 0 Å². The number of halogens is 1. The predicted octanol–water partition coefficient (Wildman–Crippen LogP) is 3.27. The fourth-order valence-electron chi connectivity index (χ4n) is 2.06. The maximum atomic E-state index is 8.78. The summed E-state index contributed by atoms with van der Waals surface area (Å²) < 4.78 is 7.08. The van der Waals surface area contributed by atoms with Crippen LogP contribution in [0.3, 0.4) is 0 Å². The van der Waals surface area contributed by atoms with E-state index in [1.165, 1.54) is 0 Å². The molecule has 0 radical (unpaired) electrons. The number of amides is 1. The van der Waals surface area contributed by atoms with Crippen molar-refractivity contribution in [2.75, 3.05) is 0 Å². The summed E-state index contributed by atoms with van der Waals surface area (Å²) in [5, 5.41) is 7.19. The van der Waals surface area contributed by atoms with E-state index in [1.807, 2.05) is 18.2 Å². The van der Waals surface area contributed by atoms with E-state index in [0.29, 0.717) is 0 Å². The summed E-state index contributed by atoms with van der Waals surface area (Å²) in [5.74, 6) is 0.924. The predicted molar refractivity (Wildman–Crippen MR) is 81.8 cm³/mol. The summed E-state index contributed by atoms with van der Waals surface area (Å²) in [5.41, 5.74) is 11.5. The molecule has 0 bridgehead atoms. The maximum absolute atomic E-state index is 8.78. The van der Waals surface area contributed by atoms with Crippen LogP contribution in [-0.4, -0.2) is 17.3 Å². The van der Waals surface area contributed by atoms with Crippen LogP contribution in [0.15, 0.2) is 22.7 Å². The summed E-state index contributed by atoms with van der Waals surface area (Å²) in [6, 6.07) is 6.06. The Balaban J connectivity index is 0.000000444. The molecule has 1 amide bonds. The third-order valence-electron chi connectivity index (χ3n) is 3.09. The molecule has 5 N–H and O–H groups in total. The Kier molecular flexibility index (Phi) is 5.42. The molecule has 0 fully saturated rings. The molecule has 0 saturated carbocycles. The number of nitrogens with two attached hydrogens (primary N) is 2. The second-order valence-electron chi connectivity index (χ2n) is 5.80. The second-order valence-corrected chi connectivity index (χ2v) is 6.66. The SMILES string of the molecule is CC(C)(C)C1CC(N)c2c(Br)cccc2O1.NC(=O)O. The summed E-state index contributed by atoms with van der Waals surface area (Å²) in [7, 11) is 0. The summed E-state index contributed by atoms with van der Waals surface area (Å²) >= 11 is 3.53. The number of ether oxygens (including phenoxy) is 1. The minimum absolute atomic E-state index is 0.0588. The quantitative estimate of drug-likeness (QED) is 0.672. The van der Waals surface area contributed by atoms with Gasteiger partial charge in [-0.25, -0.2) is 4.79 Å². The Morgan fingerprint density at radius 3 is 2.50 bits per heavy atom. The molecule has 20 heavy (non-hydrogen) atoms. The number of fused-ring (bicyclic) bond motifs is 1. The van der Waals surface area contributed by atoms with Gasteiger partial charge in [-0.1, -0.05) is 42.8 Å². The smallest absolute Gasteiger partial charge is 0.402 e. The summed E-state index contributed by atoms with van der Waals surface area (Å²) in [6.45, 7) is 6.56. The van der Waals surface area contributed by atoms with E-state index in [2.05, 4.69) is 42.4 Å². The van der Waals surface area contributed by atoms with Gasteiger partial charge in [0.1, 0.15) is 11.9 Å². The lowest BCUT2D eigenvalue weighted by Crippen LogP contribution is -2.38. The molecule has 0 aliphatic carbocycles. The number of rotatable bonds is 0. The van der Waals surface area contributed by atoms with Crippen molar-refractivity contribution in [2.24, 2.45) is 16.9 Å². The lowest BCUT2D eigenvalue weighted by molar-refractivity contribution is 0.0579. The van der Waals surface area contributed by atoms with Crippen LogP contribution in [0.4, 0.5) is 4.79 Å². The first-order valence-corrected chi connectivity index (χ1v) is 7.11. The first kappa shape index (κ1) is 16.8. The number of carbonyl (C=O) groups is 1. The average molecular weight is 345 g/mol. The van der Waals surface area contributed by atoms with Gasteiger partial charge in [-0.15, -0.1) is 0 Å². The van der Waals surface area contributed by atoms with E-state index < -0.39 is 6.09 Å². The van der Waals surface area contributed by atoms with Gasteiger partial charge >= 0.3 is 6.09 Å². The minimum Gasteiger partial charge on any atom is -0.489 e. The fourth-order valence-corrected chi connectivity index (χ4v) is 2.70. The van der Waals surface area contributed by atoms with E-state index in [9.17, 15) is 0 Å². The Hall–Kier alpha value is -1.27. The van der Waals surface area contributed by atoms with Gasteiger partial charge in [0.25, 0.3) is 0 Å². The number of benzene rings is 1. The molecule has 5 nitrogen and oxygen atoms in total. The van der Waals surface area contributed by atoms with Gasteiger partial charge < -0.3 is 21.3 Å². The fraction of sp³-hybridized carbons (Fsp3) is 0.500. The zero-order valence-electron chi connectivity index (χ0n) is 11.9. The Labute approximate surface area is 127 Å². The average Bonchev–Trinajstić information content (AvgIpc) is 2.26. The van der Waals surface area contributed by atoms with Gasteiger partial charge in [0, 0.05) is 22.5 Å². The van der Waals surface area contributed by atoms with Gasteiger partial charge in [0.15, 0.2) is 0 Å². The van der Waals surface area contributed by atoms with Crippen LogP contribution in [0.1, 0.15) is 38.8 Å². The molecule has 0 saturated heterocycles. The van der Waals surface area contributed by atoms with Crippen LogP contribution >= 0.6 is 15.9 Å². The highest BCUT2D eigenvalue weighted by Gasteiger charge is 2.34. The lowest BCUT2D eigenvalue weighted by atomic mass is 9.82. The van der Waals surface area contributed by atoms with Gasteiger partial charge in [-0.2, -0.15) is 0 Å². The maximum Gasteiger partial charge on any atom is 0.402 e. The van der Waals surface area contributed by atoms with E-state index in [-0.39, 0.29) is 17.6 Å². The van der Waals surface area contributed by atoms with Crippen molar-refractivity contribution in [3.63, 3.8) is 0 Å². The normalized spacial score (nSPS) is 21.1. The highest BCUT2D eigenvalue weighted by Crippen LogP contribution is 2.42. The van der Waals surface area contributed by atoms with Crippen LogP contribution in [0.2, 0.25) is 0 Å². The lowest BCUT2D eigenvalue weighted by Gasteiger charge is -2.38. The van der Waals surface area contributed by atoms with Crippen LogP contribution in [0.25, 0.3) is 0 Å². The van der Waals surface area contributed by atoms with E-state index in [4.69, 9.17) is 20.4 Å².